The minimum atomic E-state index is -0.127. The number of hydrogen-bond acceptors (Lipinski definition) is 4. The maximum atomic E-state index is 12.3. The fraction of sp³-hybridized carbons (Fsp3) is 0.227. The number of amides is 2. The van der Waals surface area contributed by atoms with E-state index in [9.17, 15) is 9.59 Å². The molecule has 0 atom stereocenters. The number of para-hydroxylation sites is 1. The van der Waals surface area contributed by atoms with Crippen LogP contribution >= 0.6 is 11.8 Å². The zero-order chi connectivity index (χ0) is 20.1. The van der Waals surface area contributed by atoms with E-state index in [1.165, 1.54) is 18.7 Å². The van der Waals surface area contributed by atoms with Gasteiger partial charge in [0.2, 0.25) is 11.8 Å². The molecule has 0 aliphatic carbocycles. The average molecular weight is 394 g/mol. The fourth-order valence-electron chi connectivity index (χ4n) is 2.92. The van der Waals surface area contributed by atoms with Gasteiger partial charge in [-0.3, -0.25) is 9.59 Å². The number of nitrogens with zero attached hydrogens (tertiary/aromatic N) is 1. The molecular weight excluding hydrogens is 370 g/mol. The zero-order valence-electron chi connectivity index (χ0n) is 16.2. The molecule has 0 radical (unpaired) electrons. The molecule has 0 saturated heterocycles. The van der Waals surface area contributed by atoms with Crippen LogP contribution < -0.4 is 10.6 Å². The monoisotopic (exact) mass is 393 g/mol. The quantitative estimate of drug-likeness (QED) is 0.591. The van der Waals surface area contributed by atoms with Crippen LogP contribution in [0.1, 0.15) is 25.0 Å². The van der Waals surface area contributed by atoms with Crippen molar-refractivity contribution in [3.8, 4) is 0 Å². The summed E-state index contributed by atoms with van der Waals surface area (Å²) in [7, 11) is 0. The smallest absolute Gasteiger partial charge is 0.234 e. The molecule has 1 aromatic heterocycles. The normalized spacial score (nSPS) is 10.7. The van der Waals surface area contributed by atoms with Gasteiger partial charge in [0.1, 0.15) is 5.03 Å². The van der Waals surface area contributed by atoms with Gasteiger partial charge in [0, 0.05) is 23.7 Å². The first-order valence-electron chi connectivity index (χ1n) is 9.16. The van der Waals surface area contributed by atoms with Crippen molar-refractivity contribution in [3.63, 3.8) is 0 Å². The lowest BCUT2D eigenvalue weighted by Gasteiger charge is -2.11. The Morgan fingerprint density at radius 1 is 1.04 bits per heavy atom. The standard InChI is InChI=1S/C22H23N3O2S/c1-4-16-12-17-7-5-6-14(2)21(17)25-22(16)28-13-20(27)24-19-10-8-18(9-11-19)23-15(3)26/h5-12H,4,13H2,1-3H3,(H,23,26)(H,24,27). The summed E-state index contributed by atoms with van der Waals surface area (Å²) in [5.74, 6) is 0.0641. The number of aromatic nitrogens is 1. The lowest BCUT2D eigenvalue weighted by atomic mass is 10.1. The summed E-state index contributed by atoms with van der Waals surface area (Å²) in [5.41, 5.74) is 4.65. The number of thioether (sulfide) groups is 1. The van der Waals surface area contributed by atoms with Crippen LogP contribution in [0.3, 0.4) is 0 Å². The fourth-order valence-corrected chi connectivity index (χ4v) is 3.81. The van der Waals surface area contributed by atoms with E-state index in [4.69, 9.17) is 4.98 Å². The predicted octanol–water partition coefficient (Wildman–Crippen LogP) is 4.79. The summed E-state index contributed by atoms with van der Waals surface area (Å²) in [6.07, 6.45) is 0.867. The number of nitrogens with one attached hydrogen (secondary N) is 2. The summed E-state index contributed by atoms with van der Waals surface area (Å²) >= 11 is 1.45. The van der Waals surface area contributed by atoms with Gasteiger partial charge in [0.25, 0.3) is 0 Å². The first-order chi connectivity index (χ1) is 13.5. The average Bonchev–Trinajstić information content (AvgIpc) is 2.67. The van der Waals surface area contributed by atoms with Crippen LogP contribution in [0.2, 0.25) is 0 Å². The molecule has 0 bridgehead atoms. The molecule has 0 aliphatic heterocycles. The molecule has 0 fully saturated rings. The molecule has 5 nitrogen and oxygen atoms in total. The van der Waals surface area contributed by atoms with Gasteiger partial charge in [-0.15, -0.1) is 0 Å². The highest BCUT2D eigenvalue weighted by molar-refractivity contribution is 8.00. The van der Waals surface area contributed by atoms with E-state index < -0.39 is 0 Å². The maximum absolute atomic E-state index is 12.3. The number of hydrogen-bond donors (Lipinski definition) is 2. The number of aryl methyl sites for hydroxylation is 2. The van der Waals surface area contributed by atoms with Crippen molar-refractivity contribution < 1.29 is 9.59 Å². The van der Waals surface area contributed by atoms with Crippen molar-refractivity contribution in [2.24, 2.45) is 0 Å². The Balaban J connectivity index is 1.67. The van der Waals surface area contributed by atoms with Crippen LogP contribution in [-0.2, 0) is 16.0 Å². The van der Waals surface area contributed by atoms with Crippen LogP contribution in [0.25, 0.3) is 10.9 Å². The SMILES string of the molecule is CCc1cc2cccc(C)c2nc1SCC(=O)Nc1ccc(NC(C)=O)cc1. The Bertz CT molecular complexity index is 1020. The van der Waals surface area contributed by atoms with Gasteiger partial charge >= 0.3 is 0 Å². The number of rotatable bonds is 6. The predicted molar refractivity (Wildman–Crippen MR) is 116 cm³/mol. The number of anilines is 2. The highest BCUT2D eigenvalue weighted by Gasteiger charge is 2.11. The summed E-state index contributed by atoms with van der Waals surface area (Å²) in [6, 6.07) is 15.4. The van der Waals surface area contributed by atoms with Crippen molar-refractivity contribution in [2.75, 3.05) is 16.4 Å². The second-order valence-corrected chi connectivity index (χ2v) is 7.51. The van der Waals surface area contributed by atoms with Crippen LogP contribution in [0.15, 0.2) is 53.6 Å². The molecule has 0 spiro atoms. The lowest BCUT2D eigenvalue weighted by Crippen LogP contribution is -2.14. The summed E-state index contributed by atoms with van der Waals surface area (Å²) in [6.45, 7) is 5.60. The highest BCUT2D eigenvalue weighted by atomic mass is 32.2. The maximum Gasteiger partial charge on any atom is 0.234 e. The van der Waals surface area contributed by atoms with Crippen molar-refractivity contribution >= 4 is 45.9 Å². The minimum Gasteiger partial charge on any atom is -0.326 e. The molecule has 0 aliphatic rings. The molecule has 3 rings (SSSR count). The van der Waals surface area contributed by atoms with E-state index in [1.807, 2.05) is 19.1 Å². The van der Waals surface area contributed by atoms with E-state index in [2.05, 4.69) is 29.7 Å². The van der Waals surface area contributed by atoms with Gasteiger partial charge in [-0.1, -0.05) is 36.9 Å². The molecule has 2 N–H and O–H groups in total. The number of carbonyl (C=O) groups excluding carboxylic acids is 2. The molecule has 6 heteroatoms. The number of carbonyl (C=O) groups is 2. The van der Waals surface area contributed by atoms with Crippen LogP contribution in [0.5, 0.6) is 0 Å². The molecule has 2 aromatic carbocycles. The Morgan fingerprint density at radius 2 is 1.71 bits per heavy atom. The van der Waals surface area contributed by atoms with Gasteiger partial charge in [0.05, 0.1) is 11.3 Å². The third kappa shape index (κ3) is 4.89. The Labute approximate surface area is 168 Å². The van der Waals surface area contributed by atoms with Crippen molar-refractivity contribution in [2.45, 2.75) is 32.2 Å². The number of fused-ring (bicyclic) bond motifs is 1. The topological polar surface area (TPSA) is 71.1 Å². The third-order valence-electron chi connectivity index (χ3n) is 4.30. The Morgan fingerprint density at radius 3 is 2.36 bits per heavy atom. The van der Waals surface area contributed by atoms with Gasteiger partial charge in [-0.25, -0.2) is 4.98 Å². The van der Waals surface area contributed by atoms with E-state index in [1.54, 1.807) is 24.3 Å². The molecule has 3 aromatic rings. The third-order valence-corrected chi connectivity index (χ3v) is 5.33. The molecule has 1 heterocycles. The van der Waals surface area contributed by atoms with Crippen LogP contribution in [0, 0.1) is 6.92 Å². The number of pyridine rings is 1. The molecule has 28 heavy (non-hydrogen) atoms. The Kier molecular flexibility index (Phi) is 6.31. The summed E-state index contributed by atoms with van der Waals surface area (Å²) in [5, 5.41) is 7.61. The van der Waals surface area contributed by atoms with Crippen LogP contribution in [-0.4, -0.2) is 22.6 Å². The van der Waals surface area contributed by atoms with E-state index in [0.717, 1.165) is 33.5 Å². The van der Waals surface area contributed by atoms with Gasteiger partial charge in [0.15, 0.2) is 0 Å². The molecule has 144 valence electrons. The van der Waals surface area contributed by atoms with E-state index >= 15 is 0 Å². The van der Waals surface area contributed by atoms with E-state index in [-0.39, 0.29) is 17.6 Å². The second-order valence-electron chi connectivity index (χ2n) is 6.55. The van der Waals surface area contributed by atoms with Gasteiger partial charge in [-0.05, 0) is 54.8 Å². The minimum absolute atomic E-state index is 0.0917. The van der Waals surface area contributed by atoms with Crippen molar-refractivity contribution in [1.29, 1.82) is 0 Å². The first kappa shape index (κ1) is 19.9. The van der Waals surface area contributed by atoms with Crippen LogP contribution in [0.4, 0.5) is 11.4 Å². The molecule has 0 saturated carbocycles. The number of benzene rings is 2. The summed E-state index contributed by atoms with van der Waals surface area (Å²) in [4.78, 5) is 28.2. The molecular formula is C22H23N3O2S. The molecule has 0 unspecified atom stereocenters. The highest BCUT2D eigenvalue weighted by Crippen LogP contribution is 2.27. The van der Waals surface area contributed by atoms with Crippen molar-refractivity contribution in [3.05, 3.63) is 59.7 Å². The lowest BCUT2D eigenvalue weighted by molar-refractivity contribution is -0.114. The zero-order valence-corrected chi connectivity index (χ0v) is 17.0. The first-order valence-corrected chi connectivity index (χ1v) is 10.1. The molecule has 2 amide bonds. The van der Waals surface area contributed by atoms with Gasteiger partial charge in [-0.2, -0.15) is 0 Å². The van der Waals surface area contributed by atoms with Crippen molar-refractivity contribution in [1.82, 2.24) is 4.98 Å². The van der Waals surface area contributed by atoms with E-state index in [0.29, 0.717) is 11.4 Å². The second kappa shape index (κ2) is 8.89. The Hall–Kier alpha value is -2.86. The largest absolute Gasteiger partial charge is 0.326 e. The van der Waals surface area contributed by atoms with Gasteiger partial charge < -0.3 is 10.6 Å². The summed E-state index contributed by atoms with van der Waals surface area (Å²) < 4.78 is 0.